The fraction of sp³-hybridized carbons (Fsp3) is 0.417. The summed E-state index contributed by atoms with van der Waals surface area (Å²) in [5.41, 5.74) is 2.61. The molecule has 5 rings (SSSR count). The van der Waals surface area contributed by atoms with Gasteiger partial charge in [-0.25, -0.2) is 13.8 Å². The number of hydrogen-bond donors (Lipinski definition) is 0. The highest BCUT2D eigenvalue weighted by atomic mass is 19.2. The predicted octanol–water partition coefficient (Wildman–Crippen LogP) is 6.02. The van der Waals surface area contributed by atoms with E-state index in [4.69, 9.17) is 4.42 Å². The highest BCUT2D eigenvalue weighted by Crippen LogP contribution is 2.37. The molecule has 2 fully saturated rings. The molecule has 6 heteroatoms. The Bertz CT molecular complexity index is 1090. The summed E-state index contributed by atoms with van der Waals surface area (Å²) in [5, 5.41) is 0. The third-order valence-electron chi connectivity index (χ3n) is 6.43. The van der Waals surface area contributed by atoms with Crippen LogP contribution in [0.4, 0.5) is 8.78 Å². The Hall–Kier alpha value is -2.76. The topological polar surface area (TPSA) is 46.3 Å². The van der Waals surface area contributed by atoms with Crippen LogP contribution in [0, 0.1) is 17.6 Å². The first kappa shape index (κ1) is 19.2. The average molecular weight is 410 g/mol. The zero-order valence-corrected chi connectivity index (χ0v) is 16.7. The van der Waals surface area contributed by atoms with Crippen LogP contribution < -0.4 is 0 Å². The number of fused-ring (bicyclic) bond motifs is 1. The second-order valence-electron chi connectivity index (χ2n) is 8.39. The van der Waals surface area contributed by atoms with Gasteiger partial charge >= 0.3 is 0 Å². The van der Waals surface area contributed by atoms with Crippen molar-refractivity contribution in [1.29, 1.82) is 0 Å². The Balaban J connectivity index is 1.42. The van der Waals surface area contributed by atoms with Gasteiger partial charge in [0.05, 0.1) is 0 Å². The van der Waals surface area contributed by atoms with Gasteiger partial charge < -0.3 is 9.32 Å². The number of likely N-dealkylation sites (tertiary alicyclic amines) is 1. The average Bonchev–Trinajstić information content (AvgIpc) is 3.42. The van der Waals surface area contributed by atoms with Crippen molar-refractivity contribution in [3.05, 3.63) is 53.9 Å². The smallest absolute Gasteiger partial charge is 0.226 e. The Kier molecular flexibility index (Phi) is 5.01. The molecule has 1 saturated heterocycles. The number of rotatable bonds is 3. The molecule has 1 aromatic heterocycles. The summed E-state index contributed by atoms with van der Waals surface area (Å²) in [7, 11) is 0. The van der Waals surface area contributed by atoms with Gasteiger partial charge in [0.15, 0.2) is 17.2 Å². The van der Waals surface area contributed by atoms with Crippen molar-refractivity contribution in [3.63, 3.8) is 0 Å². The molecule has 2 heterocycles. The van der Waals surface area contributed by atoms with Gasteiger partial charge in [-0.15, -0.1) is 0 Å². The number of oxazole rings is 1. The molecule has 0 bridgehead atoms. The van der Waals surface area contributed by atoms with Crippen LogP contribution in [0.5, 0.6) is 0 Å². The molecule has 30 heavy (non-hydrogen) atoms. The Morgan fingerprint density at radius 3 is 2.50 bits per heavy atom. The van der Waals surface area contributed by atoms with E-state index in [1.54, 1.807) is 12.1 Å². The van der Waals surface area contributed by atoms with Gasteiger partial charge in [0.1, 0.15) is 11.6 Å². The van der Waals surface area contributed by atoms with Crippen molar-refractivity contribution in [2.45, 2.75) is 51.0 Å². The third kappa shape index (κ3) is 3.48. The fourth-order valence-corrected chi connectivity index (χ4v) is 4.81. The van der Waals surface area contributed by atoms with Crippen LogP contribution in [-0.4, -0.2) is 22.3 Å². The lowest BCUT2D eigenvalue weighted by Gasteiger charge is -2.29. The minimum atomic E-state index is -0.878. The SMILES string of the molecule is O=C(C1CCCCC1)N1CCCC1c1nc2cc(-c3ccc(F)c(F)c3)ccc2o1. The third-order valence-corrected chi connectivity index (χ3v) is 6.43. The van der Waals surface area contributed by atoms with E-state index in [0.29, 0.717) is 22.6 Å². The molecule has 1 saturated carbocycles. The van der Waals surface area contributed by atoms with E-state index in [1.807, 2.05) is 17.0 Å². The first-order valence-corrected chi connectivity index (χ1v) is 10.8. The Morgan fingerprint density at radius 1 is 0.933 bits per heavy atom. The van der Waals surface area contributed by atoms with Crippen molar-refractivity contribution in [2.24, 2.45) is 5.92 Å². The molecule has 1 unspecified atom stereocenters. The number of benzene rings is 2. The summed E-state index contributed by atoms with van der Waals surface area (Å²) < 4.78 is 32.9. The summed E-state index contributed by atoms with van der Waals surface area (Å²) in [5.74, 6) is -0.816. The second-order valence-corrected chi connectivity index (χ2v) is 8.39. The zero-order chi connectivity index (χ0) is 20.7. The molecular weight excluding hydrogens is 386 g/mol. The van der Waals surface area contributed by atoms with Crippen LogP contribution in [-0.2, 0) is 4.79 Å². The molecule has 0 N–H and O–H groups in total. The Morgan fingerprint density at radius 2 is 1.70 bits per heavy atom. The van der Waals surface area contributed by atoms with Crippen molar-refractivity contribution in [1.82, 2.24) is 9.88 Å². The van der Waals surface area contributed by atoms with Crippen molar-refractivity contribution in [3.8, 4) is 11.1 Å². The van der Waals surface area contributed by atoms with Gasteiger partial charge in [-0.05, 0) is 61.1 Å². The molecule has 1 amide bonds. The van der Waals surface area contributed by atoms with Crippen LogP contribution in [0.25, 0.3) is 22.2 Å². The summed E-state index contributed by atoms with van der Waals surface area (Å²) in [6, 6.07) is 9.14. The fourth-order valence-electron chi connectivity index (χ4n) is 4.81. The molecule has 3 aromatic rings. The number of nitrogens with zero attached hydrogens (tertiary/aromatic N) is 2. The summed E-state index contributed by atoms with van der Waals surface area (Å²) in [4.78, 5) is 19.7. The maximum atomic E-state index is 13.6. The second kappa shape index (κ2) is 7.82. The molecule has 4 nitrogen and oxygen atoms in total. The van der Waals surface area contributed by atoms with Gasteiger partial charge in [-0.2, -0.15) is 0 Å². The van der Waals surface area contributed by atoms with E-state index in [2.05, 4.69) is 4.98 Å². The lowest BCUT2D eigenvalue weighted by molar-refractivity contribution is -0.137. The van der Waals surface area contributed by atoms with Crippen molar-refractivity contribution in [2.75, 3.05) is 6.54 Å². The van der Waals surface area contributed by atoms with Crippen LogP contribution >= 0.6 is 0 Å². The zero-order valence-electron chi connectivity index (χ0n) is 16.7. The van der Waals surface area contributed by atoms with Crippen molar-refractivity contribution >= 4 is 17.0 Å². The number of carbonyl (C=O) groups is 1. The predicted molar refractivity (Wildman–Crippen MR) is 110 cm³/mol. The first-order chi connectivity index (χ1) is 14.6. The van der Waals surface area contributed by atoms with Crippen LogP contribution in [0.15, 0.2) is 40.8 Å². The normalized spacial score (nSPS) is 20.2. The minimum absolute atomic E-state index is 0.126. The molecule has 1 atom stereocenters. The van der Waals surface area contributed by atoms with E-state index in [9.17, 15) is 13.6 Å². The maximum Gasteiger partial charge on any atom is 0.226 e. The lowest BCUT2D eigenvalue weighted by atomic mass is 9.88. The van der Waals surface area contributed by atoms with Gasteiger partial charge in [0, 0.05) is 12.5 Å². The van der Waals surface area contributed by atoms with E-state index in [-0.39, 0.29) is 17.9 Å². The van der Waals surface area contributed by atoms with Gasteiger partial charge in [0.25, 0.3) is 0 Å². The summed E-state index contributed by atoms with van der Waals surface area (Å²) in [6.45, 7) is 0.749. The minimum Gasteiger partial charge on any atom is -0.438 e. The van der Waals surface area contributed by atoms with E-state index in [0.717, 1.165) is 56.7 Å². The van der Waals surface area contributed by atoms with Crippen LogP contribution in [0.2, 0.25) is 0 Å². The van der Waals surface area contributed by atoms with Crippen LogP contribution in [0.3, 0.4) is 0 Å². The van der Waals surface area contributed by atoms with Crippen LogP contribution in [0.1, 0.15) is 56.9 Å². The standard InChI is InChI=1S/C24H24F2N2O2/c25-18-10-8-16(13-19(18)26)17-9-11-22-20(14-17)27-23(30-22)21-7-4-12-28(21)24(29)15-5-2-1-3-6-15/h8-11,13-15,21H,1-7,12H2. The van der Waals surface area contributed by atoms with Crippen molar-refractivity contribution < 1.29 is 18.0 Å². The number of hydrogen-bond acceptors (Lipinski definition) is 3. The number of aromatic nitrogens is 1. The number of halogens is 2. The lowest BCUT2D eigenvalue weighted by Crippen LogP contribution is -2.36. The molecule has 2 aromatic carbocycles. The molecule has 1 aliphatic carbocycles. The monoisotopic (exact) mass is 410 g/mol. The number of amides is 1. The van der Waals surface area contributed by atoms with Gasteiger partial charge in [-0.1, -0.05) is 31.4 Å². The Labute approximate surface area is 173 Å². The van der Waals surface area contributed by atoms with Gasteiger partial charge in [0.2, 0.25) is 11.8 Å². The van der Waals surface area contributed by atoms with E-state index in [1.165, 1.54) is 12.5 Å². The quantitative estimate of drug-likeness (QED) is 0.531. The highest BCUT2D eigenvalue weighted by Gasteiger charge is 2.36. The summed E-state index contributed by atoms with van der Waals surface area (Å²) >= 11 is 0. The maximum absolute atomic E-state index is 13.6. The molecule has 2 aliphatic rings. The molecule has 1 aliphatic heterocycles. The largest absolute Gasteiger partial charge is 0.438 e. The molecule has 156 valence electrons. The molecule has 0 spiro atoms. The molecule has 0 radical (unpaired) electrons. The van der Waals surface area contributed by atoms with E-state index >= 15 is 0 Å². The van der Waals surface area contributed by atoms with E-state index < -0.39 is 11.6 Å². The number of carbonyl (C=O) groups excluding carboxylic acids is 1. The highest BCUT2D eigenvalue weighted by molar-refractivity contribution is 5.81. The first-order valence-electron chi connectivity index (χ1n) is 10.8. The van der Waals surface area contributed by atoms with Gasteiger partial charge in [-0.3, -0.25) is 4.79 Å². The molecular formula is C24H24F2N2O2. The summed E-state index contributed by atoms with van der Waals surface area (Å²) in [6.07, 6.45) is 7.23.